The minimum atomic E-state index is -0.538. The van der Waals surface area contributed by atoms with Crippen LogP contribution >= 0.6 is 11.6 Å². The third-order valence-electron chi connectivity index (χ3n) is 2.82. The second-order valence-electron chi connectivity index (χ2n) is 6.13. The van der Waals surface area contributed by atoms with Crippen LogP contribution in [0, 0.1) is 0 Å². The molecule has 0 spiro atoms. The molecule has 2 aromatic carbocycles. The summed E-state index contributed by atoms with van der Waals surface area (Å²) in [6.45, 7) is 5.99. The van der Waals surface area contributed by atoms with Crippen molar-refractivity contribution in [3.63, 3.8) is 0 Å². The van der Waals surface area contributed by atoms with Crippen molar-refractivity contribution < 1.29 is 14.3 Å². The summed E-state index contributed by atoms with van der Waals surface area (Å²) in [5, 5.41) is 3.24. The minimum Gasteiger partial charge on any atom is -0.485 e. The molecule has 0 bridgehead atoms. The zero-order valence-corrected chi connectivity index (χ0v) is 14.2. The highest BCUT2D eigenvalue weighted by Crippen LogP contribution is 2.31. The van der Waals surface area contributed by atoms with Gasteiger partial charge in [-0.1, -0.05) is 41.9 Å². The molecule has 0 aliphatic heterocycles. The summed E-state index contributed by atoms with van der Waals surface area (Å²) >= 11 is 6.01. The second kappa shape index (κ2) is 7.38. The Morgan fingerprint density at radius 3 is 2.43 bits per heavy atom. The maximum atomic E-state index is 11.9. The van der Waals surface area contributed by atoms with Gasteiger partial charge in [0.2, 0.25) is 0 Å². The Balaban J connectivity index is 2.09. The second-order valence-corrected chi connectivity index (χ2v) is 6.57. The van der Waals surface area contributed by atoms with Gasteiger partial charge in [0.1, 0.15) is 6.61 Å². The first-order valence-corrected chi connectivity index (χ1v) is 7.67. The van der Waals surface area contributed by atoms with Crippen molar-refractivity contribution in [2.75, 3.05) is 0 Å². The van der Waals surface area contributed by atoms with Crippen LogP contribution in [-0.4, -0.2) is 11.6 Å². The molecule has 2 rings (SSSR count). The first-order valence-electron chi connectivity index (χ1n) is 7.30. The van der Waals surface area contributed by atoms with Crippen LogP contribution in [0.15, 0.2) is 48.5 Å². The fourth-order valence-electron chi connectivity index (χ4n) is 1.85. The van der Waals surface area contributed by atoms with Crippen molar-refractivity contribution >= 4 is 17.7 Å². The van der Waals surface area contributed by atoms with E-state index in [1.165, 1.54) is 0 Å². The van der Waals surface area contributed by atoms with Gasteiger partial charge >= 0.3 is 6.09 Å². The molecule has 122 valence electrons. The fourth-order valence-corrected chi connectivity index (χ4v) is 2.01. The Labute approximate surface area is 141 Å². The Morgan fingerprint density at radius 2 is 1.78 bits per heavy atom. The predicted octanol–water partition coefficient (Wildman–Crippen LogP) is 4.81. The van der Waals surface area contributed by atoms with Crippen LogP contribution in [0.4, 0.5) is 4.79 Å². The van der Waals surface area contributed by atoms with Crippen LogP contribution < -0.4 is 14.8 Å². The number of hydrogen-bond donors (Lipinski definition) is 1. The number of benzene rings is 2. The highest BCUT2D eigenvalue weighted by Gasteiger charge is 2.17. The van der Waals surface area contributed by atoms with Gasteiger partial charge in [0.05, 0.1) is 0 Å². The van der Waals surface area contributed by atoms with E-state index >= 15 is 0 Å². The van der Waals surface area contributed by atoms with E-state index in [0.29, 0.717) is 23.1 Å². The predicted molar refractivity (Wildman–Crippen MR) is 91.1 cm³/mol. The van der Waals surface area contributed by atoms with Gasteiger partial charge in [-0.05, 0) is 38.5 Å². The number of rotatable bonds is 4. The third-order valence-corrected chi connectivity index (χ3v) is 3.06. The standard InChI is InChI=1S/C18H20ClNO3/c1-18(2,3)20-17(21)23-15-10-9-14(19)11-16(15)22-12-13-7-5-4-6-8-13/h4-11H,12H2,1-3H3,(H,20,21). The molecule has 2 aromatic rings. The third kappa shape index (κ3) is 5.83. The number of ether oxygens (including phenoxy) is 2. The lowest BCUT2D eigenvalue weighted by Gasteiger charge is -2.20. The Hall–Kier alpha value is -2.20. The van der Waals surface area contributed by atoms with E-state index in [9.17, 15) is 4.79 Å². The molecular formula is C18H20ClNO3. The zero-order valence-electron chi connectivity index (χ0n) is 13.4. The maximum absolute atomic E-state index is 11.9. The first-order chi connectivity index (χ1) is 10.8. The molecule has 4 nitrogen and oxygen atoms in total. The van der Waals surface area contributed by atoms with Gasteiger partial charge in [-0.15, -0.1) is 0 Å². The number of nitrogens with one attached hydrogen (secondary N) is 1. The number of halogens is 1. The molecule has 0 aliphatic rings. The van der Waals surface area contributed by atoms with Gasteiger partial charge in [0.25, 0.3) is 0 Å². The molecule has 0 fully saturated rings. The molecule has 23 heavy (non-hydrogen) atoms. The van der Waals surface area contributed by atoms with E-state index in [4.69, 9.17) is 21.1 Å². The normalized spacial score (nSPS) is 11.0. The largest absolute Gasteiger partial charge is 0.485 e. The molecular weight excluding hydrogens is 314 g/mol. The number of carbonyl (C=O) groups is 1. The van der Waals surface area contributed by atoms with Crippen molar-refractivity contribution in [1.82, 2.24) is 5.32 Å². The fraction of sp³-hybridized carbons (Fsp3) is 0.278. The van der Waals surface area contributed by atoms with Gasteiger partial charge in [0.15, 0.2) is 11.5 Å². The van der Waals surface area contributed by atoms with E-state index in [0.717, 1.165) is 5.56 Å². The highest BCUT2D eigenvalue weighted by atomic mass is 35.5. The van der Waals surface area contributed by atoms with Crippen LogP contribution in [0.5, 0.6) is 11.5 Å². The summed E-state index contributed by atoms with van der Waals surface area (Å²) < 4.78 is 11.1. The first kappa shape index (κ1) is 17.2. The van der Waals surface area contributed by atoms with Crippen molar-refractivity contribution in [3.8, 4) is 11.5 Å². The molecule has 0 heterocycles. The van der Waals surface area contributed by atoms with Crippen molar-refractivity contribution in [3.05, 3.63) is 59.1 Å². The summed E-state index contributed by atoms with van der Waals surface area (Å²) in [5.41, 5.74) is 0.631. The molecule has 0 aliphatic carbocycles. The van der Waals surface area contributed by atoms with E-state index in [1.54, 1.807) is 18.2 Å². The molecule has 0 unspecified atom stereocenters. The average molecular weight is 334 g/mol. The number of carbonyl (C=O) groups excluding carboxylic acids is 1. The quantitative estimate of drug-likeness (QED) is 0.873. The van der Waals surface area contributed by atoms with E-state index < -0.39 is 6.09 Å². The molecule has 5 heteroatoms. The minimum absolute atomic E-state index is 0.326. The van der Waals surface area contributed by atoms with Gasteiger partial charge < -0.3 is 14.8 Å². The van der Waals surface area contributed by atoms with E-state index in [2.05, 4.69) is 5.32 Å². The van der Waals surface area contributed by atoms with Crippen LogP contribution in [0.25, 0.3) is 0 Å². The Bertz CT molecular complexity index is 666. The van der Waals surface area contributed by atoms with Crippen molar-refractivity contribution in [2.45, 2.75) is 32.9 Å². The highest BCUT2D eigenvalue weighted by molar-refractivity contribution is 6.30. The zero-order chi connectivity index (χ0) is 16.9. The van der Waals surface area contributed by atoms with Crippen LogP contribution in [-0.2, 0) is 6.61 Å². The van der Waals surface area contributed by atoms with Crippen molar-refractivity contribution in [1.29, 1.82) is 0 Å². The van der Waals surface area contributed by atoms with Crippen LogP contribution in [0.3, 0.4) is 0 Å². The smallest absolute Gasteiger partial charge is 0.413 e. The average Bonchev–Trinajstić information content (AvgIpc) is 2.46. The van der Waals surface area contributed by atoms with Gasteiger partial charge in [-0.2, -0.15) is 0 Å². The lowest BCUT2D eigenvalue weighted by Crippen LogP contribution is -2.42. The lowest BCUT2D eigenvalue weighted by molar-refractivity contribution is 0.187. The number of hydrogen-bond acceptors (Lipinski definition) is 3. The molecule has 0 aromatic heterocycles. The molecule has 0 saturated carbocycles. The van der Waals surface area contributed by atoms with Crippen molar-refractivity contribution in [2.24, 2.45) is 0 Å². The summed E-state index contributed by atoms with van der Waals surface area (Å²) in [7, 11) is 0. The van der Waals surface area contributed by atoms with Crippen LogP contribution in [0.2, 0.25) is 5.02 Å². The number of amides is 1. The maximum Gasteiger partial charge on any atom is 0.413 e. The molecule has 1 N–H and O–H groups in total. The monoisotopic (exact) mass is 333 g/mol. The lowest BCUT2D eigenvalue weighted by atomic mass is 10.1. The SMILES string of the molecule is CC(C)(C)NC(=O)Oc1ccc(Cl)cc1OCc1ccccc1. The van der Waals surface area contributed by atoms with E-state index in [-0.39, 0.29) is 5.54 Å². The Morgan fingerprint density at radius 1 is 1.09 bits per heavy atom. The molecule has 0 radical (unpaired) electrons. The Kier molecular flexibility index (Phi) is 5.50. The molecule has 0 saturated heterocycles. The molecule has 0 atom stereocenters. The molecule has 1 amide bonds. The topological polar surface area (TPSA) is 47.6 Å². The summed E-state index contributed by atoms with van der Waals surface area (Å²) in [6.07, 6.45) is -0.538. The summed E-state index contributed by atoms with van der Waals surface area (Å²) in [5.74, 6) is 0.748. The van der Waals surface area contributed by atoms with E-state index in [1.807, 2.05) is 51.1 Å². The summed E-state index contributed by atoms with van der Waals surface area (Å²) in [6, 6.07) is 14.6. The van der Waals surface area contributed by atoms with Gasteiger partial charge in [-0.25, -0.2) is 4.79 Å². The van der Waals surface area contributed by atoms with Crippen LogP contribution in [0.1, 0.15) is 26.3 Å². The van der Waals surface area contributed by atoms with Gasteiger partial charge in [-0.3, -0.25) is 0 Å². The van der Waals surface area contributed by atoms with Gasteiger partial charge in [0, 0.05) is 16.6 Å². The summed E-state index contributed by atoms with van der Waals surface area (Å²) in [4.78, 5) is 11.9.